The van der Waals surface area contributed by atoms with Crippen LogP contribution in [-0.2, 0) is 0 Å². The summed E-state index contributed by atoms with van der Waals surface area (Å²) in [6.07, 6.45) is 0. The van der Waals surface area contributed by atoms with Gasteiger partial charge in [0.15, 0.2) is 0 Å². The average Bonchev–Trinajstić information content (AvgIpc) is 2.54. The SMILES string of the molecule is C[C@H](c1ccccc1)N(C)c1cccc2ccccc12. The lowest BCUT2D eigenvalue weighted by Crippen LogP contribution is -2.21. The van der Waals surface area contributed by atoms with Crippen LogP contribution >= 0.6 is 0 Å². The van der Waals surface area contributed by atoms with E-state index in [0.717, 1.165) is 0 Å². The van der Waals surface area contributed by atoms with Gasteiger partial charge in [0.2, 0.25) is 0 Å². The van der Waals surface area contributed by atoms with Crippen molar-refractivity contribution in [3.63, 3.8) is 0 Å². The van der Waals surface area contributed by atoms with Crippen molar-refractivity contribution in [2.75, 3.05) is 11.9 Å². The Bertz CT molecular complexity index is 698. The molecule has 0 aromatic heterocycles. The Morgan fingerprint density at radius 3 is 2.20 bits per heavy atom. The molecule has 3 aromatic rings. The van der Waals surface area contributed by atoms with Gasteiger partial charge in [0.05, 0.1) is 6.04 Å². The fraction of sp³-hybridized carbons (Fsp3) is 0.158. The van der Waals surface area contributed by atoms with Crippen LogP contribution < -0.4 is 4.90 Å². The van der Waals surface area contributed by atoms with Gasteiger partial charge in [0, 0.05) is 18.1 Å². The second kappa shape index (κ2) is 5.38. The van der Waals surface area contributed by atoms with E-state index in [9.17, 15) is 0 Å². The van der Waals surface area contributed by atoms with Crippen LogP contribution in [0, 0.1) is 0 Å². The Balaban J connectivity index is 2.03. The molecule has 3 aromatic carbocycles. The molecular formula is C19H19N. The number of anilines is 1. The number of benzene rings is 3. The van der Waals surface area contributed by atoms with E-state index >= 15 is 0 Å². The summed E-state index contributed by atoms with van der Waals surface area (Å²) < 4.78 is 0. The lowest BCUT2D eigenvalue weighted by Gasteiger charge is -2.28. The molecule has 0 aliphatic rings. The molecule has 0 fully saturated rings. The first-order chi connectivity index (χ1) is 9.77. The number of fused-ring (bicyclic) bond motifs is 1. The summed E-state index contributed by atoms with van der Waals surface area (Å²) in [6.45, 7) is 2.25. The van der Waals surface area contributed by atoms with Gasteiger partial charge in [-0.3, -0.25) is 0 Å². The quantitative estimate of drug-likeness (QED) is 0.638. The average molecular weight is 261 g/mol. The molecule has 1 heteroatoms. The Hall–Kier alpha value is -2.28. The monoisotopic (exact) mass is 261 g/mol. The summed E-state index contributed by atoms with van der Waals surface area (Å²) in [6, 6.07) is 26.0. The minimum Gasteiger partial charge on any atom is -0.367 e. The van der Waals surface area contributed by atoms with Crippen LogP contribution in [-0.4, -0.2) is 7.05 Å². The molecule has 0 saturated carbocycles. The molecule has 1 atom stereocenters. The van der Waals surface area contributed by atoms with E-state index < -0.39 is 0 Å². The Kier molecular flexibility index (Phi) is 3.42. The molecule has 0 spiro atoms. The highest BCUT2D eigenvalue weighted by Gasteiger charge is 2.13. The number of hydrogen-bond acceptors (Lipinski definition) is 1. The summed E-state index contributed by atoms with van der Waals surface area (Å²) in [5, 5.41) is 2.59. The smallest absolute Gasteiger partial charge is 0.0511 e. The molecule has 0 unspecified atom stereocenters. The third-order valence-corrected chi connectivity index (χ3v) is 4.01. The van der Waals surface area contributed by atoms with E-state index in [-0.39, 0.29) is 0 Å². The van der Waals surface area contributed by atoms with Gasteiger partial charge in [-0.1, -0.05) is 66.7 Å². The largest absolute Gasteiger partial charge is 0.367 e. The van der Waals surface area contributed by atoms with Crippen molar-refractivity contribution in [2.24, 2.45) is 0 Å². The van der Waals surface area contributed by atoms with Crippen LogP contribution in [0.1, 0.15) is 18.5 Å². The maximum absolute atomic E-state index is 2.34. The van der Waals surface area contributed by atoms with Crippen LogP contribution in [0.15, 0.2) is 72.8 Å². The van der Waals surface area contributed by atoms with Crippen LogP contribution in [0.4, 0.5) is 5.69 Å². The van der Waals surface area contributed by atoms with E-state index in [1.54, 1.807) is 0 Å². The van der Waals surface area contributed by atoms with Crippen molar-refractivity contribution in [1.82, 2.24) is 0 Å². The molecule has 0 aliphatic heterocycles. The van der Waals surface area contributed by atoms with Gasteiger partial charge < -0.3 is 4.90 Å². The molecule has 0 bridgehead atoms. The highest BCUT2D eigenvalue weighted by molar-refractivity contribution is 5.94. The third kappa shape index (κ3) is 2.27. The van der Waals surface area contributed by atoms with Crippen LogP contribution in [0.3, 0.4) is 0 Å². The molecule has 0 heterocycles. The second-order valence-corrected chi connectivity index (χ2v) is 5.20. The van der Waals surface area contributed by atoms with Gasteiger partial charge in [-0.15, -0.1) is 0 Å². The zero-order chi connectivity index (χ0) is 13.9. The van der Waals surface area contributed by atoms with E-state index in [1.165, 1.54) is 22.0 Å². The third-order valence-electron chi connectivity index (χ3n) is 4.01. The van der Waals surface area contributed by atoms with Crippen molar-refractivity contribution in [2.45, 2.75) is 13.0 Å². The minimum atomic E-state index is 0.349. The van der Waals surface area contributed by atoms with Crippen molar-refractivity contribution in [1.29, 1.82) is 0 Å². The summed E-state index contributed by atoms with van der Waals surface area (Å²) in [7, 11) is 2.17. The molecule has 0 saturated heterocycles. The topological polar surface area (TPSA) is 3.24 Å². The first-order valence-electron chi connectivity index (χ1n) is 7.03. The van der Waals surface area contributed by atoms with Gasteiger partial charge >= 0.3 is 0 Å². The molecule has 0 aliphatic carbocycles. The fourth-order valence-corrected chi connectivity index (χ4v) is 2.68. The molecule has 0 amide bonds. The lowest BCUT2D eigenvalue weighted by atomic mass is 10.0. The second-order valence-electron chi connectivity index (χ2n) is 5.20. The lowest BCUT2D eigenvalue weighted by molar-refractivity contribution is 0.742. The number of nitrogens with zero attached hydrogens (tertiary/aromatic N) is 1. The first-order valence-corrected chi connectivity index (χ1v) is 7.03. The van der Waals surface area contributed by atoms with E-state index in [2.05, 4.69) is 91.7 Å². The molecule has 100 valence electrons. The first kappa shape index (κ1) is 12.7. The highest BCUT2D eigenvalue weighted by Crippen LogP contribution is 2.31. The molecule has 0 N–H and O–H groups in total. The molecule has 1 nitrogen and oxygen atoms in total. The van der Waals surface area contributed by atoms with Crippen molar-refractivity contribution in [3.8, 4) is 0 Å². The Labute approximate surface area is 120 Å². The molecular weight excluding hydrogens is 242 g/mol. The van der Waals surface area contributed by atoms with Crippen molar-refractivity contribution >= 4 is 16.5 Å². The van der Waals surface area contributed by atoms with E-state index in [4.69, 9.17) is 0 Å². The number of hydrogen-bond donors (Lipinski definition) is 0. The normalized spacial score (nSPS) is 12.3. The Morgan fingerprint density at radius 2 is 1.40 bits per heavy atom. The number of rotatable bonds is 3. The standard InChI is InChI=1S/C19H19N/c1-15(16-9-4-3-5-10-16)20(2)19-14-8-12-17-11-6-7-13-18(17)19/h3-15H,1-2H3/t15-/m1/s1. The van der Waals surface area contributed by atoms with Gasteiger partial charge in [-0.2, -0.15) is 0 Å². The predicted molar refractivity (Wildman–Crippen MR) is 87.2 cm³/mol. The predicted octanol–water partition coefficient (Wildman–Crippen LogP) is 5.04. The van der Waals surface area contributed by atoms with Gasteiger partial charge in [-0.05, 0) is 23.9 Å². The van der Waals surface area contributed by atoms with Crippen molar-refractivity contribution < 1.29 is 0 Å². The summed E-state index contributed by atoms with van der Waals surface area (Å²) in [5.74, 6) is 0. The van der Waals surface area contributed by atoms with Crippen LogP contribution in [0.5, 0.6) is 0 Å². The zero-order valence-electron chi connectivity index (χ0n) is 12.0. The maximum Gasteiger partial charge on any atom is 0.0511 e. The molecule has 20 heavy (non-hydrogen) atoms. The zero-order valence-corrected chi connectivity index (χ0v) is 12.0. The Morgan fingerprint density at radius 1 is 0.750 bits per heavy atom. The van der Waals surface area contributed by atoms with E-state index in [1.807, 2.05) is 0 Å². The summed E-state index contributed by atoms with van der Waals surface area (Å²) in [5.41, 5.74) is 2.61. The summed E-state index contributed by atoms with van der Waals surface area (Å²) >= 11 is 0. The molecule has 3 rings (SSSR count). The maximum atomic E-state index is 2.34. The van der Waals surface area contributed by atoms with Crippen LogP contribution in [0.25, 0.3) is 10.8 Å². The summed E-state index contributed by atoms with van der Waals surface area (Å²) in [4.78, 5) is 2.34. The minimum absolute atomic E-state index is 0.349. The fourth-order valence-electron chi connectivity index (χ4n) is 2.68. The van der Waals surface area contributed by atoms with Gasteiger partial charge in [-0.25, -0.2) is 0 Å². The molecule has 0 radical (unpaired) electrons. The van der Waals surface area contributed by atoms with Crippen LogP contribution in [0.2, 0.25) is 0 Å². The van der Waals surface area contributed by atoms with E-state index in [0.29, 0.717) is 6.04 Å². The van der Waals surface area contributed by atoms with Crippen molar-refractivity contribution in [3.05, 3.63) is 78.4 Å². The van der Waals surface area contributed by atoms with Gasteiger partial charge in [0.25, 0.3) is 0 Å². The van der Waals surface area contributed by atoms with Gasteiger partial charge in [0.1, 0.15) is 0 Å². The highest BCUT2D eigenvalue weighted by atomic mass is 15.1.